The first-order chi connectivity index (χ1) is 7.93. The van der Waals surface area contributed by atoms with Gasteiger partial charge in [-0.05, 0) is 32.6 Å². The highest BCUT2D eigenvalue weighted by atomic mass is 16.6. The second-order valence-electron chi connectivity index (χ2n) is 4.18. The summed E-state index contributed by atoms with van der Waals surface area (Å²) in [6, 6.07) is 0. The molecule has 0 aromatic carbocycles. The van der Waals surface area contributed by atoms with Crippen molar-refractivity contribution in [2.75, 3.05) is 0 Å². The summed E-state index contributed by atoms with van der Waals surface area (Å²) in [4.78, 5) is 20.2. The SMILES string of the molecule is C=CC(=O)O.C=CC(=O)OC1(C)CCCCC1. The number of esters is 1. The van der Waals surface area contributed by atoms with E-state index in [4.69, 9.17) is 9.84 Å². The summed E-state index contributed by atoms with van der Waals surface area (Å²) in [6.45, 7) is 8.35. The Morgan fingerprint density at radius 2 is 1.65 bits per heavy atom. The van der Waals surface area contributed by atoms with Gasteiger partial charge >= 0.3 is 11.9 Å². The van der Waals surface area contributed by atoms with Crippen LogP contribution in [0.3, 0.4) is 0 Å². The van der Waals surface area contributed by atoms with Crippen LogP contribution >= 0.6 is 0 Å². The fraction of sp³-hybridized carbons (Fsp3) is 0.538. The zero-order chi connectivity index (χ0) is 13.3. The Balaban J connectivity index is 0.000000437. The van der Waals surface area contributed by atoms with Gasteiger partial charge in [0.05, 0.1) is 0 Å². The van der Waals surface area contributed by atoms with Crippen LogP contribution in [-0.4, -0.2) is 22.6 Å². The number of hydrogen-bond donors (Lipinski definition) is 1. The monoisotopic (exact) mass is 240 g/mol. The predicted octanol–water partition coefficient (Wildman–Crippen LogP) is 2.70. The number of rotatable bonds is 3. The highest BCUT2D eigenvalue weighted by molar-refractivity contribution is 5.81. The molecular weight excluding hydrogens is 220 g/mol. The minimum Gasteiger partial charge on any atom is -0.478 e. The third-order valence-electron chi connectivity index (χ3n) is 2.60. The van der Waals surface area contributed by atoms with Gasteiger partial charge in [0.1, 0.15) is 5.60 Å². The van der Waals surface area contributed by atoms with Gasteiger partial charge in [-0.3, -0.25) is 0 Å². The van der Waals surface area contributed by atoms with Crippen molar-refractivity contribution in [3.63, 3.8) is 0 Å². The third-order valence-corrected chi connectivity index (χ3v) is 2.60. The fourth-order valence-corrected chi connectivity index (χ4v) is 1.69. The maximum atomic E-state index is 10.9. The summed E-state index contributed by atoms with van der Waals surface area (Å²) in [6.07, 6.45) is 7.65. The zero-order valence-electron chi connectivity index (χ0n) is 10.3. The van der Waals surface area contributed by atoms with E-state index in [1.54, 1.807) is 0 Å². The molecule has 0 amide bonds. The molecule has 0 aliphatic heterocycles. The summed E-state index contributed by atoms with van der Waals surface area (Å²) < 4.78 is 5.27. The average Bonchev–Trinajstić information content (AvgIpc) is 2.30. The van der Waals surface area contributed by atoms with Crippen LogP contribution in [0.1, 0.15) is 39.0 Å². The maximum absolute atomic E-state index is 10.9. The van der Waals surface area contributed by atoms with Gasteiger partial charge in [-0.2, -0.15) is 0 Å². The Morgan fingerprint density at radius 1 is 1.18 bits per heavy atom. The van der Waals surface area contributed by atoms with Gasteiger partial charge in [0.2, 0.25) is 0 Å². The molecule has 1 aliphatic carbocycles. The molecule has 0 aromatic rings. The van der Waals surface area contributed by atoms with E-state index in [2.05, 4.69) is 13.2 Å². The zero-order valence-corrected chi connectivity index (χ0v) is 10.3. The molecule has 96 valence electrons. The summed E-state index contributed by atoms with van der Waals surface area (Å²) >= 11 is 0. The van der Waals surface area contributed by atoms with E-state index >= 15 is 0 Å². The summed E-state index contributed by atoms with van der Waals surface area (Å²) in [5.74, 6) is -1.27. The summed E-state index contributed by atoms with van der Waals surface area (Å²) in [7, 11) is 0. The Hall–Kier alpha value is -1.58. The van der Waals surface area contributed by atoms with Crippen molar-refractivity contribution < 1.29 is 19.4 Å². The number of aliphatic carboxylic acids is 1. The normalized spacial score (nSPS) is 17.0. The van der Waals surface area contributed by atoms with Gasteiger partial charge < -0.3 is 9.84 Å². The van der Waals surface area contributed by atoms with E-state index in [1.165, 1.54) is 25.3 Å². The quantitative estimate of drug-likeness (QED) is 0.608. The molecule has 0 bridgehead atoms. The van der Waals surface area contributed by atoms with Crippen LogP contribution in [0, 0.1) is 0 Å². The molecule has 0 aromatic heterocycles. The predicted molar refractivity (Wildman–Crippen MR) is 65.6 cm³/mol. The lowest BCUT2D eigenvalue weighted by molar-refractivity contribution is -0.154. The Kier molecular flexibility index (Phi) is 6.94. The topological polar surface area (TPSA) is 63.6 Å². The number of carboxylic acids is 1. The van der Waals surface area contributed by atoms with Crippen molar-refractivity contribution in [3.8, 4) is 0 Å². The van der Waals surface area contributed by atoms with Crippen LogP contribution in [0.15, 0.2) is 25.3 Å². The van der Waals surface area contributed by atoms with E-state index in [0.29, 0.717) is 0 Å². The molecule has 0 unspecified atom stereocenters. The Labute approximate surface area is 102 Å². The van der Waals surface area contributed by atoms with Crippen molar-refractivity contribution in [3.05, 3.63) is 25.3 Å². The van der Waals surface area contributed by atoms with Crippen molar-refractivity contribution in [1.82, 2.24) is 0 Å². The number of ether oxygens (including phenoxy) is 1. The van der Waals surface area contributed by atoms with E-state index in [9.17, 15) is 9.59 Å². The van der Waals surface area contributed by atoms with Crippen LogP contribution in [0.4, 0.5) is 0 Å². The lowest BCUT2D eigenvalue weighted by atomic mass is 9.86. The second kappa shape index (κ2) is 7.65. The van der Waals surface area contributed by atoms with Crippen molar-refractivity contribution >= 4 is 11.9 Å². The van der Waals surface area contributed by atoms with Gasteiger partial charge in [-0.15, -0.1) is 0 Å². The first kappa shape index (κ1) is 15.4. The minimum atomic E-state index is -0.981. The summed E-state index contributed by atoms with van der Waals surface area (Å²) in [5, 5.41) is 7.60. The van der Waals surface area contributed by atoms with Crippen LogP contribution in [0.5, 0.6) is 0 Å². The van der Waals surface area contributed by atoms with Gasteiger partial charge in [0.25, 0.3) is 0 Å². The van der Waals surface area contributed by atoms with Crippen LogP contribution in [-0.2, 0) is 14.3 Å². The molecule has 1 fully saturated rings. The van der Waals surface area contributed by atoms with Crippen LogP contribution < -0.4 is 0 Å². The van der Waals surface area contributed by atoms with Crippen molar-refractivity contribution in [2.24, 2.45) is 0 Å². The molecule has 17 heavy (non-hydrogen) atoms. The molecule has 1 saturated carbocycles. The van der Waals surface area contributed by atoms with Gasteiger partial charge in [0, 0.05) is 12.2 Å². The molecule has 1 rings (SSSR count). The smallest absolute Gasteiger partial charge is 0.330 e. The average molecular weight is 240 g/mol. The molecule has 4 nitrogen and oxygen atoms in total. The largest absolute Gasteiger partial charge is 0.478 e. The lowest BCUT2D eigenvalue weighted by Crippen LogP contribution is -2.33. The molecule has 0 spiro atoms. The molecule has 0 radical (unpaired) electrons. The molecule has 1 N–H and O–H groups in total. The van der Waals surface area contributed by atoms with Gasteiger partial charge in [0.15, 0.2) is 0 Å². The number of carbonyl (C=O) groups is 2. The first-order valence-electron chi connectivity index (χ1n) is 5.64. The van der Waals surface area contributed by atoms with Gasteiger partial charge in [-0.1, -0.05) is 19.6 Å². The van der Waals surface area contributed by atoms with Crippen LogP contribution in [0.2, 0.25) is 0 Å². The number of carboxylic acid groups (broad SMARTS) is 1. The van der Waals surface area contributed by atoms with E-state index < -0.39 is 5.97 Å². The molecule has 0 saturated heterocycles. The fourth-order valence-electron chi connectivity index (χ4n) is 1.69. The molecular formula is C13H20O4. The summed E-state index contributed by atoms with van der Waals surface area (Å²) in [5.41, 5.74) is -0.219. The first-order valence-corrected chi connectivity index (χ1v) is 5.64. The lowest BCUT2D eigenvalue weighted by Gasteiger charge is -2.32. The van der Waals surface area contributed by atoms with E-state index in [1.807, 2.05) is 6.92 Å². The molecule has 0 heterocycles. The van der Waals surface area contributed by atoms with Crippen LogP contribution in [0.25, 0.3) is 0 Å². The second-order valence-corrected chi connectivity index (χ2v) is 4.18. The highest BCUT2D eigenvalue weighted by Crippen LogP contribution is 2.30. The van der Waals surface area contributed by atoms with E-state index in [-0.39, 0.29) is 11.6 Å². The van der Waals surface area contributed by atoms with Crippen molar-refractivity contribution in [2.45, 2.75) is 44.6 Å². The standard InChI is InChI=1S/C10H16O2.C3H4O2/c1-3-9(11)12-10(2)7-5-4-6-8-10;1-2-3(4)5/h3H,1,4-8H2,2H3;2H,1H2,(H,4,5). The highest BCUT2D eigenvalue weighted by Gasteiger charge is 2.29. The molecule has 1 aliphatic rings. The van der Waals surface area contributed by atoms with Gasteiger partial charge in [-0.25, -0.2) is 9.59 Å². The maximum Gasteiger partial charge on any atom is 0.330 e. The third kappa shape index (κ3) is 7.33. The minimum absolute atomic E-state index is 0.219. The Bertz CT molecular complexity index is 288. The molecule has 4 heteroatoms. The number of hydrogen-bond acceptors (Lipinski definition) is 3. The van der Waals surface area contributed by atoms with Crippen molar-refractivity contribution in [1.29, 1.82) is 0 Å². The van der Waals surface area contributed by atoms with E-state index in [0.717, 1.165) is 18.9 Å². The molecule has 0 atom stereocenters. The Morgan fingerprint density at radius 3 is 2.00 bits per heavy atom. The number of carbonyl (C=O) groups excluding carboxylic acids is 1.